The van der Waals surface area contributed by atoms with E-state index in [0.717, 1.165) is 0 Å². The van der Waals surface area contributed by atoms with Crippen molar-refractivity contribution >= 4 is 11.7 Å². The molecule has 0 saturated heterocycles. The van der Waals surface area contributed by atoms with E-state index in [4.69, 9.17) is 4.74 Å². The van der Waals surface area contributed by atoms with Crippen molar-refractivity contribution in [2.45, 2.75) is 46.6 Å². The van der Waals surface area contributed by atoms with Gasteiger partial charge in [0.15, 0.2) is 0 Å². The molecule has 0 atom stereocenters. The van der Waals surface area contributed by atoms with E-state index in [9.17, 15) is 9.90 Å². The molecule has 6 heteroatoms. The Bertz CT molecular complexity index is 467. The molecule has 0 unspecified atom stereocenters. The van der Waals surface area contributed by atoms with Crippen LogP contribution in [0.25, 0.3) is 0 Å². The molecule has 0 aromatic carbocycles. The first-order valence-corrected chi connectivity index (χ1v) is 6.38. The predicted octanol–water partition coefficient (Wildman–Crippen LogP) is 1.46. The number of hydrogen-bond donors (Lipinski definition) is 2. The van der Waals surface area contributed by atoms with Gasteiger partial charge in [0.1, 0.15) is 18.2 Å². The quantitative estimate of drug-likeness (QED) is 0.866. The summed E-state index contributed by atoms with van der Waals surface area (Å²) in [6.45, 7) is 9.13. The molecule has 2 N–H and O–H groups in total. The number of ether oxygens (including phenoxy) is 1. The average Bonchev–Trinajstić information content (AvgIpc) is 2.68. The fourth-order valence-corrected chi connectivity index (χ4v) is 1.53. The standard InChI is InChI=1S/C11H15N3O3.C2H6/c1-6-12-9-7(4-8(15)14-9)10(13-6)17-5-11(2,3)16;1-2/h16H,4-5H2,1-3H3,(H,12,13,14,15);1-2H3. The second kappa shape index (κ2) is 5.97. The molecule has 2 rings (SSSR count). The highest BCUT2D eigenvalue weighted by Gasteiger charge is 2.26. The zero-order chi connectivity index (χ0) is 14.6. The van der Waals surface area contributed by atoms with Crippen molar-refractivity contribution in [2.75, 3.05) is 11.9 Å². The van der Waals surface area contributed by atoms with E-state index in [2.05, 4.69) is 15.3 Å². The van der Waals surface area contributed by atoms with Crippen molar-refractivity contribution in [3.8, 4) is 5.88 Å². The molecule has 0 spiro atoms. The van der Waals surface area contributed by atoms with Gasteiger partial charge >= 0.3 is 0 Å². The lowest BCUT2D eigenvalue weighted by atomic mass is 10.2. The molecule has 1 amide bonds. The summed E-state index contributed by atoms with van der Waals surface area (Å²) in [7, 11) is 0. The fourth-order valence-electron chi connectivity index (χ4n) is 1.53. The minimum atomic E-state index is -0.943. The summed E-state index contributed by atoms with van der Waals surface area (Å²) in [6, 6.07) is 0. The molecular weight excluding hydrogens is 246 g/mol. The van der Waals surface area contributed by atoms with Crippen LogP contribution in [0.3, 0.4) is 0 Å². The second-order valence-electron chi connectivity index (χ2n) is 4.73. The minimum absolute atomic E-state index is 0.115. The van der Waals surface area contributed by atoms with E-state index in [-0.39, 0.29) is 18.9 Å². The topological polar surface area (TPSA) is 84.3 Å². The van der Waals surface area contributed by atoms with Crippen LogP contribution in [0, 0.1) is 6.92 Å². The number of anilines is 1. The van der Waals surface area contributed by atoms with Gasteiger partial charge in [0.05, 0.1) is 17.6 Å². The van der Waals surface area contributed by atoms with Crippen LogP contribution >= 0.6 is 0 Å². The molecule has 0 radical (unpaired) electrons. The molecular formula is C13H21N3O3. The Morgan fingerprint density at radius 1 is 1.37 bits per heavy atom. The monoisotopic (exact) mass is 267 g/mol. The fraction of sp³-hybridized carbons (Fsp3) is 0.615. The number of fused-ring (bicyclic) bond motifs is 1. The van der Waals surface area contributed by atoms with Crippen molar-refractivity contribution in [3.05, 3.63) is 11.4 Å². The van der Waals surface area contributed by atoms with Crippen LogP contribution in [0.15, 0.2) is 0 Å². The van der Waals surface area contributed by atoms with E-state index >= 15 is 0 Å². The number of aromatic nitrogens is 2. The Hall–Kier alpha value is -1.69. The van der Waals surface area contributed by atoms with Gasteiger partial charge < -0.3 is 15.2 Å². The first kappa shape index (κ1) is 15.4. The second-order valence-corrected chi connectivity index (χ2v) is 4.73. The highest BCUT2D eigenvalue weighted by Crippen LogP contribution is 2.28. The normalized spacial score (nSPS) is 13.3. The van der Waals surface area contributed by atoms with Gasteiger partial charge in [0.2, 0.25) is 11.8 Å². The van der Waals surface area contributed by atoms with E-state index in [0.29, 0.717) is 23.1 Å². The zero-order valence-corrected chi connectivity index (χ0v) is 12.1. The Morgan fingerprint density at radius 2 is 2.00 bits per heavy atom. The van der Waals surface area contributed by atoms with Crippen LogP contribution in [0.4, 0.5) is 5.82 Å². The third-order valence-electron chi connectivity index (χ3n) is 2.24. The van der Waals surface area contributed by atoms with Gasteiger partial charge in [-0.15, -0.1) is 0 Å². The predicted molar refractivity (Wildman–Crippen MR) is 72.2 cm³/mol. The Balaban J connectivity index is 0.000000861. The number of carbonyl (C=O) groups is 1. The van der Waals surface area contributed by atoms with Gasteiger partial charge in [-0.25, -0.2) is 4.98 Å². The Morgan fingerprint density at radius 3 is 2.58 bits per heavy atom. The molecule has 0 saturated carbocycles. The number of hydrogen-bond acceptors (Lipinski definition) is 5. The first-order chi connectivity index (χ1) is 8.85. The van der Waals surface area contributed by atoms with Crippen LogP contribution in [-0.2, 0) is 11.2 Å². The van der Waals surface area contributed by atoms with E-state index in [1.807, 2.05) is 13.8 Å². The number of nitrogens with one attached hydrogen (secondary N) is 1. The molecule has 1 aromatic heterocycles. The molecule has 6 nitrogen and oxygen atoms in total. The maximum Gasteiger partial charge on any atom is 0.230 e. The van der Waals surface area contributed by atoms with E-state index in [1.165, 1.54) is 0 Å². The third-order valence-corrected chi connectivity index (χ3v) is 2.24. The van der Waals surface area contributed by atoms with E-state index < -0.39 is 5.60 Å². The van der Waals surface area contributed by atoms with Crippen molar-refractivity contribution in [3.63, 3.8) is 0 Å². The minimum Gasteiger partial charge on any atom is -0.474 e. The number of carbonyl (C=O) groups excluding carboxylic acids is 1. The van der Waals surface area contributed by atoms with Crippen molar-refractivity contribution in [2.24, 2.45) is 0 Å². The summed E-state index contributed by atoms with van der Waals surface area (Å²) in [5.74, 6) is 1.28. The molecule has 0 bridgehead atoms. The molecule has 0 aliphatic carbocycles. The molecule has 1 aliphatic rings. The van der Waals surface area contributed by atoms with E-state index in [1.54, 1.807) is 20.8 Å². The van der Waals surface area contributed by atoms with Crippen LogP contribution in [-0.4, -0.2) is 33.2 Å². The largest absolute Gasteiger partial charge is 0.474 e. The van der Waals surface area contributed by atoms with Crippen LogP contribution < -0.4 is 10.1 Å². The SMILES string of the molecule is CC.Cc1nc2c(c(OCC(C)(C)O)n1)CC(=O)N2. The summed E-state index contributed by atoms with van der Waals surface area (Å²) >= 11 is 0. The smallest absolute Gasteiger partial charge is 0.230 e. The Labute approximate surface area is 113 Å². The summed E-state index contributed by atoms with van der Waals surface area (Å²) in [5, 5.41) is 12.2. The van der Waals surface area contributed by atoms with Gasteiger partial charge in [-0.2, -0.15) is 4.98 Å². The molecule has 19 heavy (non-hydrogen) atoms. The van der Waals surface area contributed by atoms with Gasteiger partial charge in [0.25, 0.3) is 0 Å². The maximum atomic E-state index is 11.3. The summed E-state index contributed by atoms with van der Waals surface area (Å²) in [5.41, 5.74) is -0.285. The summed E-state index contributed by atoms with van der Waals surface area (Å²) < 4.78 is 5.45. The molecule has 1 aliphatic heterocycles. The lowest BCUT2D eigenvalue weighted by molar-refractivity contribution is -0.115. The highest BCUT2D eigenvalue weighted by atomic mass is 16.5. The lowest BCUT2D eigenvalue weighted by Crippen LogP contribution is -2.28. The van der Waals surface area contributed by atoms with Crippen LogP contribution in [0.5, 0.6) is 5.88 Å². The Kier molecular flexibility index (Phi) is 4.83. The van der Waals surface area contributed by atoms with Crippen molar-refractivity contribution < 1.29 is 14.6 Å². The van der Waals surface area contributed by atoms with Gasteiger partial charge in [0, 0.05) is 0 Å². The van der Waals surface area contributed by atoms with Crippen LogP contribution in [0.2, 0.25) is 0 Å². The van der Waals surface area contributed by atoms with Crippen molar-refractivity contribution in [1.29, 1.82) is 0 Å². The number of aliphatic hydroxyl groups is 1. The molecule has 1 aromatic rings. The molecule has 106 valence electrons. The van der Waals surface area contributed by atoms with Crippen molar-refractivity contribution in [1.82, 2.24) is 9.97 Å². The van der Waals surface area contributed by atoms with Crippen LogP contribution in [0.1, 0.15) is 39.1 Å². The van der Waals surface area contributed by atoms with Gasteiger partial charge in [-0.1, -0.05) is 13.8 Å². The highest BCUT2D eigenvalue weighted by molar-refractivity contribution is 5.98. The maximum absolute atomic E-state index is 11.3. The summed E-state index contributed by atoms with van der Waals surface area (Å²) in [4.78, 5) is 19.6. The number of nitrogens with zero attached hydrogens (tertiary/aromatic N) is 2. The first-order valence-electron chi connectivity index (χ1n) is 6.38. The number of rotatable bonds is 3. The molecule has 2 heterocycles. The number of amides is 1. The summed E-state index contributed by atoms with van der Waals surface area (Å²) in [6.07, 6.45) is 0.219. The third kappa shape index (κ3) is 4.17. The van der Waals surface area contributed by atoms with Gasteiger partial charge in [-0.05, 0) is 20.8 Å². The molecule has 0 fully saturated rings. The zero-order valence-electron chi connectivity index (χ0n) is 12.1. The lowest BCUT2D eigenvalue weighted by Gasteiger charge is -2.18. The van der Waals surface area contributed by atoms with Gasteiger partial charge in [-0.3, -0.25) is 4.79 Å². The number of aryl methyl sites for hydroxylation is 1. The average molecular weight is 267 g/mol.